The molecule has 3 heteroatoms. The minimum Gasteiger partial charge on any atom is -0.461 e. The van der Waals surface area contributed by atoms with Crippen LogP contribution in [0.25, 0.3) is 0 Å². The zero-order valence-corrected chi connectivity index (χ0v) is 9.97. The maximum atomic E-state index is 11.6. The average molecular weight is 224 g/mol. The number of ether oxygens (including phenoxy) is 1. The van der Waals surface area contributed by atoms with Crippen LogP contribution < -0.4 is 0 Å². The van der Waals surface area contributed by atoms with E-state index in [4.69, 9.17) is 4.74 Å². The van der Waals surface area contributed by atoms with Crippen LogP contribution in [0.2, 0.25) is 0 Å². The van der Waals surface area contributed by atoms with Crippen molar-refractivity contribution >= 4 is 17.3 Å². The molecule has 1 aliphatic carbocycles. The zero-order chi connectivity index (χ0) is 10.8. The third-order valence-electron chi connectivity index (χ3n) is 2.54. The topological polar surface area (TPSA) is 26.3 Å². The first-order valence-electron chi connectivity index (χ1n) is 5.43. The first-order chi connectivity index (χ1) is 7.16. The lowest BCUT2D eigenvalue weighted by Gasteiger charge is -2.01. The van der Waals surface area contributed by atoms with Gasteiger partial charge in [0.05, 0.1) is 6.61 Å². The van der Waals surface area contributed by atoms with E-state index < -0.39 is 0 Å². The smallest absolute Gasteiger partial charge is 0.348 e. The van der Waals surface area contributed by atoms with Gasteiger partial charge in [-0.3, -0.25) is 0 Å². The van der Waals surface area contributed by atoms with E-state index in [1.807, 2.05) is 12.1 Å². The van der Waals surface area contributed by atoms with Crippen LogP contribution in [0.4, 0.5) is 0 Å². The van der Waals surface area contributed by atoms with Gasteiger partial charge in [0.15, 0.2) is 0 Å². The molecule has 1 aliphatic rings. The Labute approximate surface area is 94.3 Å². The minimum atomic E-state index is -0.154. The van der Waals surface area contributed by atoms with Gasteiger partial charge in [-0.25, -0.2) is 4.79 Å². The largest absolute Gasteiger partial charge is 0.461 e. The van der Waals surface area contributed by atoms with Gasteiger partial charge in [-0.2, -0.15) is 0 Å². The molecule has 2 nitrogen and oxygen atoms in total. The molecule has 0 aliphatic heterocycles. The maximum absolute atomic E-state index is 11.6. The van der Waals surface area contributed by atoms with Gasteiger partial charge in [0.25, 0.3) is 0 Å². The quantitative estimate of drug-likeness (QED) is 0.732. The van der Waals surface area contributed by atoms with Gasteiger partial charge in [0.2, 0.25) is 0 Å². The van der Waals surface area contributed by atoms with E-state index in [9.17, 15) is 4.79 Å². The molecular formula is C12H16O2S. The van der Waals surface area contributed by atoms with E-state index in [1.165, 1.54) is 17.7 Å². The summed E-state index contributed by atoms with van der Waals surface area (Å²) in [5.41, 5.74) is 0. The number of carbonyl (C=O) groups excluding carboxylic acids is 1. The lowest BCUT2D eigenvalue weighted by molar-refractivity contribution is 0.0492. The summed E-state index contributed by atoms with van der Waals surface area (Å²) in [6.45, 7) is 4.87. The van der Waals surface area contributed by atoms with Gasteiger partial charge in [-0.15, -0.1) is 11.3 Å². The van der Waals surface area contributed by atoms with Crippen molar-refractivity contribution in [1.82, 2.24) is 0 Å². The number of hydrogen-bond acceptors (Lipinski definition) is 3. The van der Waals surface area contributed by atoms with Gasteiger partial charge < -0.3 is 4.74 Å². The SMILES string of the molecule is CC(C)c1ccc(C(=O)OCC2CC2)s1. The molecule has 0 spiro atoms. The summed E-state index contributed by atoms with van der Waals surface area (Å²) in [5.74, 6) is 0.970. The summed E-state index contributed by atoms with van der Waals surface area (Å²) in [6, 6.07) is 3.89. The first kappa shape index (κ1) is 10.7. The molecule has 0 amide bonds. The van der Waals surface area contributed by atoms with Gasteiger partial charge in [-0.05, 0) is 36.8 Å². The molecule has 0 aromatic carbocycles. The molecule has 2 rings (SSSR count). The van der Waals surface area contributed by atoms with Crippen molar-refractivity contribution in [1.29, 1.82) is 0 Å². The minimum absolute atomic E-state index is 0.154. The third kappa shape index (κ3) is 2.81. The van der Waals surface area contributed by atoms with Crippen LogP contribution >= 0.6 is 11.3 Å². The van der Waals surface area contributed by atoms with Crippen LogP contribution in [-0.4, -0.2) is 12.6 Å². The summed E-state index contributed by atoms with van der Waals surface area (Å²) in [4.78, 5) is 13.6. The Kier molecular flexibility index (Phi) is 3.10. The molecule has 0 N–H and O–H groups in total. The number of rotatable bonds is 4. The van der Waals surface area contributed by atoms with Crippen molar-refractivity contribution in [3.63, 3.8) is 0 Å². The predicted molar refractivity (Wildman–Crippen MR) is 61.4 cm³/mol. The summed E-state index contributed by atoms with van der Waals surface area (Å²) in [6.07, 6.45) is 2.43. The van der Waals surface area contributed by atoms with Gasteiger partial charge >= 0.3 is 5.97 Å². The van der Waals surface area contributed by atoms with E-state index in [1.54, 1.807) is 11.3 Å². The molecular weight excluding hydrogens is 208 g/mol. The molecule has 1 aromatic heterocycles. The number of carbonyl (C=O) groups is 1. The highest BCUT2D eigenvalue weighted by Gasteiger charge is 2.23. The highest BCUT2D eigenvalue weighted by atomic mass is 32.1. The van der Waals surface area contributed by atoms with Gasteiger partial charge in [-0.1, -0.05) is 13.8 Å². The van der Waals surface area contributed by atoms with E-state index in [0.717, 1.165) is 4.88 Å². The first-order valence-corrected chi connectivity index (χ1v) is 6.25. The van der Waals surface area contributed by atoms with Crippen LogP contribution in [0.5, 0.6) is 0 Å². The Hall–Kier alpha value is -0.830. The van der Waals surface area contributed by atoms with Gasteiger partial charge in [0, 0.05) is 4.88 Å². The van der Waals surface area contributed by atoms with Crippen molar-refractivity contribution in [2.45, 2.75) is 32.6 Å². The summed E-state index contributed by atoms with van der Waals surface area (Å²) in [5, 5.41) is 0. The summed E-state index contributed by atoms with van der Waals surface area (Å²) < 4.78 is 5.22. The number of hydrogen-bond donors (Lipinski definition) is 0. The molecule has 0 unspecified atom stereocenters. The zero-order valence-electron chi connectivity index (χ0n) is 9.16. The highest BCUT2D eigenvalue weighted by molar-refractivity contribution is 7.14. The van der Waals surface area contributed by atoms with Crippen molar-refractivity contribution in [2.75, 3.05) is 6.61 Å². The molecule has 0 bridgehead atoms. The molecule has 82 valence electrons. The fourth-order valence-corrected chi connectivity index (χ4v) is 2.23. The summed E-state index contributed by atoms with van der Waals surface area (Å²) in [7, 11) is 0. The summed E-state index contributed by atoms with van der Waals surface area (Å²) >= 11 is 1.55. The molecule has 0 saturated heterocycles. The van der Waals surface area contributed by atoms with Crippen molar-refractivity contribution < 1.29 is 9.53 Å². The van der Waals surface area contributed by atoms with E-state index in [-0.39, 0.29) is 5.97 Å². The van der Waals surface area contributed by atoms with Crippen LogP contribution in [0.15, 0.2) is 12.1 Å². The Bertz CT molecular complexity index is 350. The van der Waals surface area contributed by atoms with Crippen LogP contribution in [-0.2, 0) is 4.74 Å². The Morgan fingerprint density at radius 1 is 1.53 bits per heavy atom. The second kappa shape index (κ2) is 4.35. The van der Waals surface area contributed by atoms with E-state index >= 15 is 0 Å². The molecule has 15 heavy (non-hydrogen) atoms. The molecule has 1 heterocycles. The second-order valence-electron chi connectivity index (χ2n) is 4.40. The van der Waals surface area contributed by atoms with E-state index in [2.05, 4.69) is 13.8 Å². The molecule has 1 fully saturated rings. The van der Waals surface area contributed by atoms with Crippen molar-refractivity contribution in [3.05, 3.63) is 21.9 Å². The maximum Gasteiger partial charge on any atom is 0.348 e. The fourth-order valence-electron chi connectivity index (χ4n) is 1.32. The fraction of sp³-hybridized carbons (Fsp3) is 0.583. The Morgan fingerprint density at radius 2 is 2.27 bits per heavy atom. The lowest BCUT2D eigenvalue weighted by atomic mass is 10.2. The number of thiophene rings is 1. The standard InChI is InChI=1S/C12H16O2S/c1-8(2)10-5-6-11(15-10)12(13)14-7-9-3-4-9/h5-6,8-9H,3-4,7H2,1-2H3. The predicted octanol–water partition coefficient (Wildman–Crippen LogP) is 3.44. The Balaban J connectivity index is 1.92. The highest BCUT2D eigenvalue weighted by Crippen LogP contribution is 2.30. The Morgan fingerprint density at radius 3 is 2.80 bits per heavy atom. The lowest BCUT2D eigenvalue weighted by Crippen LogP contribution is -2.05. The number of esters is 1. The normalized spacial score (nSPS) is 15.7. The monoisotopic (exact) mass is 224 g/mol. The van der Waals surface area contributed by atoms with Crippen LogP contribution in [0, 0.1) is 5.92 Å². The van der Waals surface area contributed by atoms with Gasteiger partial charge in [0.1, 0.15) is 4.88 Å². The third-order valence-corrected chi connectivity index (χ3v) is 3.91. The molecule has 1 aromatic rings. The molecule has 0 radical (unpaired) electrons. The molecule has 1 saturated carbocycles. The van der Waals surface area contributed by atoms with Crippen LogP contribution in [0.3, 0.4) is 0 Å². The van der Waals surface area contributed by atoms with Crippen LogP contribution in [0.1, 0.15) is 47.2 Å². The van der Waals surface area contributed by atoms with Crippen molar-refractivity contribution in [3.8, 4) is 0 Å². The average Bonchev–Trinajstić information content (AvgIpc) is 2.88. The van der Waals surface area contributed by atoms with Crippen molar-refractivity contribution in [2.24, 2.45) is 5.92 Å². The van der Waals surface area contributed by atoms with E-state index in [0.29, 0.717) is 18.4 Å². The second-order valence-corrected chi connectivity index (χ2v) is 5.51. The molecule has 0 atom stereocenters.